The molecule has 0 heterocycles. The minimum absolute atomic E-state index is 0.163. The molecule has 1 amide bonds. The van der Waals surface area contributed by atoms with E-state index in [-0.39, 0.29) is 27.6 Å². The van der Waals surface area contributed by atoms with Crippen LogP contribution in [0.1, 0.15) is 39.0 Å². The maximum Gasteiger partial charge on any atom is 0.234 e. The van der Waals surface area contributed by atoms with E-state index in [1.165, 1.54) is 13.3 Å². The highest BCUT2D eigenvalue weighted by atomic mass is 79.9. The zero-order chi connectivity index (χ0) is 13.3. The van der Waals surface area contributed by atoms with Crippen LogP contribution in [0.25, 0.3) is 0 Å². The second kappa shape index (κ2) is 5.55. The predicted octanol–water partition coefficient (Wildman–Crippen LogP) is 2.11. The number of alkyl halides is 1. The second-order valence-corrected chi connectivity index (χ2v) is 6.62. The molecule has 0 bridgehead atoms. The highest BCUT2D eigenvalue weighted by molar-refractivity contribution is 9.09. The van der Waals surface area contributed by atoms with Gasteiger partial charge in [-0.3, -0.25) is 14.9 Å². The van der Waals surface area contributed by atoms with Crippen LogP contribution in [0.2, 0.25) is 0 Å². The van der Waals surface area contributed by atoms with E-state index in [1.54, 1.807) is 0 Å². The van der Waals surface area contributed by atoms with Crippen LogP contribution in [0.5, 0.6) is 0 Å². The average Bonchev–Trinajstić information content (AvgIpc) is 2.32. The molecule has 5 unspecified atom stereocenters. The van der Waals surface area contributed by atoms with Crippen LogP contribution in [0, 0.1) is 22.0 Å². The van der Waals surface area contributed by atoms with E-state index in [4.69, 9.17) is 0 Å². The van der Waals surface area contributed by atoms with Crippen LogP contribution in [0.4, 0.5) is 0 Å². The van der Waals surface area contributed by atoms with Crippen LogP contribution in [0.3, 0.4) is 0 Å². The lowest BCUT2D eigenvalue weighted by molar-refractivity contribution is -0.532. The van der Waals surface area contributed by atoms with Crippen molar-refractivity contribution in [1.82, 2.24) is 5.32 Å². The molecule has 0 aromatic rings. The average molecular weight is 319 g/mol. The largest absolute Gasteiger partial charge is 0.346 e. The molecule has 1 N–H and O–H groups in total. The van der Waals surface area contributed by atoms with Crippen LogP contribution in [-0.4, -0.2) is 27.7 Å². The van der Waals surface area contributed by atoms with E-state index in [0.717, 1.165) is 19.3 Å². The lowest BCUT2D eigenvalue weighted by Crippen LogP contribution is -2.58. The van der Waals surface area contributed by atoms with Crippen molar-refractivity contribution in [2.75, 3.05) is 0 Å². The van der Waals surface area contributed by atoms with E-state index in [9.17, 15) is 14.9 Å². The third-order valence-corrected chi connectivity index (χ3v) is 5.38. The minimum Gasteiger partial charge on any atom is -0.346 e. The summed E-state index contributed by atoms with van der Waals surface area (Å²) in [7, 11) is 0. The first kappa shape index (κ1) is 13.8. The normalized spacial score (nSPS) is 39.8. The number of hydrogen-bond donors (Lipinski definition) is 1. The number of hydrogen-bond acceptors (Lipinski definition) is 3. The number of halogens is 1. The number of carbonyl (C=O) groups excluding carboxylic acids is 1. The zero-order valence-electron chi connectivity index (χ0n) is 10.5. The quantitative estimate of drug-likeness (QED) is 0.481. The zero-order valence-corrected chi connectivity index (χ0v) is 12.1. The molecular weight excluding hydrogens is 300 g/mol. The molecule has 0 saturated heterocycles. The van der Waals surface area contributed by atoms with Crippen molar-refractivity contribution in [3.63, 3.8) is 0 Å². The molecule has 6 heteroatoms. The Balaban J connectivity index is 2.22. The van der Waals surface area contributed by atoms with Crippen molar-refractivity contribution in [1.29, 1.82) is 0 Å². The second-order valence-electron chi connectivity index (χ2n) is 5.44. The lowest BCUT2D eigenvalue weighted by Gasteiger charge is -2.44. The summed E-state index contributed by atoms with van der Waals surface area (Å²) in [5.74, 6) is 0.548. The van der Waals surface area contributed by atoms with Gasteiger partial charge < -0.3 is 5.32 Å². The molecule has 18 heavy (non-hydrogen) atoms. The molecule has 2 aliphatic carbocycles. The standard InChI is InChI=1S/C12H19BrN2O3/c1-7(16)14-12-9-5-3-2-4-8(9)10(13)6-11(12)15(17)18/h8-12H,2-6H2,1H3,(H,14,16). The maximum absolute atomic E-state index is 11.3. The number of amides is 1. The molecule has 0 aromatic heterocycles. The summed E-state index contributed by atoms with van der Waals surface area (Å²) in [4.78, 5) is 22.5. The first-order valence-corrected chi connectivity index (χ1v) is 7.47. The number of fused-ring (bicyclic) bond motifs is 1. The lowest BCUT2D eigenvalue weighted by atomic mass is 9.66. The van der Waals surface area contributed by atoms with Crippen LogP contribution in [0.15, 0.2) is 0 Å². The number of nitrogens with one attached hydrogen (secondary N) is 1. The number of rotatable bonds is 2. The fourth-order valence-corrected chi connectivity index (χ4v) is 4.62. The number of nitrogens with zero attached hydrogens (tertiary/aromatic N) is 1. The van der Waals surface area contributed by atoms with Crippen molar-refractivity contribution < 1.29 is 9.72 Å². The topological polar surface area (TPSA) is 72.2 Å². The molecule has 0 aromatic carbocycles. The SMILES string of the molecule is CC(=O)NC1C2CCCCC2C(Br)CC1[N+](=O)[O-]. The van der Waals surface area contributed by atoms with Crippen molar-refractivity contribution in [2.24, 2.45) is 11.8 Å². The summed E-state index contributed by atoms with van der Waals surface area (Å²) in [6, 6.07) is -0.950. The van der Waals surface area contributed by atoms with Crippen molar-refractivity contribution in [3.05, 3.63) is 10.1 Å². The van der Waals surface area contributed by atoms with Gasteiger partial charge in [0.1, 0.15) is 0 Å². The van der Waals surface area contributed by atoms with Gasteiger partial charge in [-0.05, 0) is 24.7 Å². The minimum atomic E-state index is -0.655. The smallest absolute Gasteiger partial charge is 0.234 e. The third-order valence-electron chi connectivity index (χ3n) is 4.32. The number of nitro groups is 1. The van der Waals surface area contributed by atoms with Gasteiger partial charge in [-0.15, -0.1) is 0 Å². The molecule has 0 aliphatic heterocycles. The van der Waals surface area contributed by atoms with Gasteiger partial charge in [0, 0.05) is 23.1 Å². The Hall–Kier alpha value is -0.650. The van der Waals surface area contributed by atoms with E-state index < -0.39 is 6.04 Å². The van der Waals surface area contributed by atoms with Gasteiger partial charge in [0.05, 0.1) is 6.04 Å². The molecule has 102 valence electrons. The van der Waals surface area contributed by atoms with Crippen LogP contribution < -0.4 is 5.32 Å². The summed E-state index contributed by atoms with van der Waals surface area (Å²) >= 11 is 3.62. The van der Waals surface area contributed by atoms with Gasteiger partial charge in [0.2, 0.25) is 11.9 Å². The molecule has 2 saturated carbocycles. The maximum atomic E-state index is 11.3. The van der Waals surface area contributed by atoms with Crippen molar-refractivity contribution in [2.45, 2.75) is 55.9 Å². The molecule has 0 radical (unpaired) electrons. The van der Waals surface area contributed by atoms with E-state index in [1.807, 2.05) is 0 Å². The Bertz CT molecular complexity index is 350. The highest BCUT2D eigenvalue weighted by Gasteiger charge is 2.50. The van der Waals surface area contributed by atoms with E-state index in [2.05, 4.69) is 21.2 Å². The summed E-state index contributed by atoms with van der Waals surface area (Å²) in [5, 5.41) is 14.0. The van der Waals surface area contributed by atoms with Gasteiger partial charge in [0.25, 0.3) is 0 Å². The van der Waals surface area contributed by atoms with Crippen molar-refractivity contribution in [3.8, 4) is 0 Å². The molecule has 5 atom stereocenters. The van der Waals surface area contributed by atoms with Gasteiger partial charge >= 0.3 is 0 Å². The summed E-state index contributed by atoms with van der Waals surface area (Å²) in [5.41, 5.74) is 0. The number of carbonyl (C=O) groups is 1. The monoisotopic (exact) mass is 318 g/mol. The van der Waals surface area contributed by atoms with Crippen LogP contribution in [-0.2, 0) is 4.79 Å². The Morgan fingerprint density at radius 2 is 1.94 bits per heavy atom. The predicted molar refractivity (Wildman–Crippen MR) is 71.2 cm³/mol. The Morgan fingerprint density at radius 3 is 2.50 bits per heavy atom. The molecular formula is C12H19BrN2O3. The fourth-order valence-electron chi connectivity index (χ4n) is 3.58. The Labute approximate surface area is 115 Å². The summed E-state index contributed by atoms with van der Waals surface area (Å²) in [6.07, 6.45) is 4.92. The van der Waals surface area contributed by atoms with E-state index in [0.29, 0.717) is 12.3 Å². The highest BCUT2D eigenvalue weighted by Crippen LogP contribution is 2.44. The fraction of sp³-hybridized carbons (Fsp3) is 0.917. The van der Waals surface area contributed by atoms with Gasteiger partial charge in [-0.25, -0.2) is 0 Å². The third kappa shape index (κ3) is 2.68. The first-order valence-electron chi connectivity index (χ1n) is 6.55. The van der Waals surface area contributed by atoms with Gasteiger partial charge in [-0.1, -0.05) is 28.8 Å². The Kier molecular flexibility index (Phi) is 4.25. The molecule has 2 aliphatic rings. The molecule has 0 spiro atoms. The molecule has 2 fully saturated rings. The van der Waals surface area contributed by atoms with Crippen molar-refractivity contribution >= 4 is 21.8 Å². The summed E-state index contributed by atoms with van der Waals surface area (Å²) < 4.78 is 0. The summed E-state index contributed by atoms with van der Waals surface area (Å²) in [6.45, 7) is 1.44. The van der Waals surface area contributed by atoms with E-state index >= 15 is 0 Å². The molecule has 2 rings (SSSR count). The molecule has 5 nitrogen and oxygen atoms in total. The Morgan fingerprint density at radius 1 is 1.33 bits per heavy atom. The first-order chi connectivity index (χ1) is 8.50. The van der Waals surface area contributed by atoms with Gasteiger partial charge in [-0.2, -0.15) is 0 Å². The van der Waals surface area contributed by atoms with Gasteiger partial charge in [0.15, 0.2) is 0 Å². The van der Waals surface area contributed by atoms with Crippen LogP contribution >= 0.6 is 15.9 Å².